The van der Waals surface area contributed by atoms with Crippen LogP contribution in [0.15, 0.2) is 24.5 Å². The van der Waals surface area contributed by atoms with Crippen molar-refractivity contribution in [1.29, 1.82) is 0 Å². The summed E-state index contributed by atoms with van der Waals surface area (Å²) in [5.41, 5.74) is 5.12. The van der Waals surface area contributed by atoms with Crippen molar-refractivity contribution >= 4 is 34.7 Å². The minimum atomic E-state index is -0.637. The molecule has 0 saturated heterocycles. The first-order valence-corrected chi connectivity index (χ1v) is 5.62. The molecule has 0 unspecified atom stereocenters. The van der Waals surface area contributed by atoms with Gasteiger partial charge in [0.25, 0.3) is 0 Å². The molecule has 2 aromatic rings. The van der Waals surface area contributed by atoms with Gasteiger partial charge in [-0.1, -0.05) is 23.2 Å². The largest absolute Gasteiger partial charge is 0.432 e. The Hall–Kier alpha value is -2.12. The van der Waals surface area contributed by atoms with Crippen molar-refractivity contribution in [1.82, 2.24) is 9.97 Å². The lowest BCUT2D eigenvalue weighted by Crippen LogP contribution is -1.97. The fourth-order valence-electron chi connectivity index (χ4n) is 1.26. The maximum atomic E-state index is 10.9. The number of hydrogen-bond donors (Lipinski definition) is 1. The average molecular weight is 301 g/mol. The van der Waals surface area contributed by atoms with Crippen LogP contribution < -0.4 is 10.5 Å². The van der Waals surface area contributed by atoms with E-state index >= 15 is 0 Å². The molecule has 2 rings (SSSR count). The molecule has 2 N–H and O–H groups in total. The van der Waals surface area contributed by atoms with Gasteiger partial charge in [0.05, 0.1) is 15.0 Å². The molecule has 0 amide bonds. The minimum Gasteiger partial charge on any atom is -0.432 e. The van der Waals surface area contributed by atoms with Crippen LogP contribution in [0.4, 0.5) is 11.5 Å². The van der Waals surface area contributed by atoms with Gasteiger partial charge in [-0.3, -0.25) is 10.1 Å². The first-order valence-electron chi connectivity index (χ1n) is 4.86. The lowest BCUT2D eigenvalue weighted by molar-refractivity contribution is -0.385. The molecule has 0 spiro atoms. The Morgan fingerprint density at radius 3 is 2.53 bits per heavy atom. The first kappa shape index (κ1) is 13.3. The van der Waals surface area contributed by atoms with Crippen LogP contribution in [-0.2, 0) is 0 Å². The van der Waals surface area contributed by atoms with Crippen molar-refractivity contribution in [2.24, 2.45) is 0 Å². The first-order chi connectivity index (χ1) is 8.97. The molecule has 0 atom stereocenters. The van der Waals surface area contributed by atoms with Crippen molar-refractivity contribution in [3.05, 3.63) is 44.7 Å². The zero-order valence-corrected chi connectivity index (χ0v) is 10.7. The standard InChI is InChI=1S/C10H6Cl2N4O3/c11-5-1-7(16(17)18)8(2-6(5)12)19-10-3-9(13)14-4-15-10/h1-4H,(H2,13,14,15). The molecule has 0 bridgehead atoms. The minimum absolute atomic E-state index is 0.0583. The van der Waals surface area contributed by atoms with E-state index in [4.69, 9.17) is 33.7 Å². The van der Waals surface area contributed by atoms with Crippen molar-refractivity contribution in [3.63, 3.8) is 0 Å². The van der Waals surface area contributed by atoms with Gasteiger partial charge < -0.3 is 10.5 Å². The predicted octanol–water partition coefficient (Wildman–Crippen LogP) is 3.07. The van der Waals surface area contributed by atoms with Crippen LogP contribution in [0.25, 0.3) is 0 Å². The zero-order valence-electron chi connectivity index (χ0n) is 9.21. The third-order valence-corrected chi connectivity index (χ3v) is 2.80. The number of anilines is 1. The number of ether oxygens (including phenoxy) is 1. The van der Waals surface area contributed by atoms with Crippen molar-refractivity contribution in [3.8, 4) is 11.6 Å². The second-order valence-electron chi connectivity index (χ2n) is 3.37. The fourth-order valence-corrected chi connectivity index (χ4v) is 1.58. The Kier molecular flexibility index (Phi) is 3.68. The third-order valence-electron chi connectivity index (χ3n) is 2.08. The maximum absolute atomic E-state index is 10.9. The summed E-state index contributed by atoms with van der Waals surface area (Å²) in [6.07, 6.45) is 1.17. The summed E-state index contributed by atoms with van der Waals surface area (Å²) < 4.78 is 5.27. The molecular formula is C10H6Cl2N4O3. The molecule has 0 fully saturated rings. The molecule has 1 aromatic carbocycles. The van der Waals surface area contributed by atoms with E-state index in [0.717, 1.165) is 6.07 Å². The maximum Gasteiger partial charge on any atom is 0.313 e. The molecule has 0 aliphatic heterocycles. The van der Waals surface area contributed by atoms with Gasteiger partial charge in [-0.2, -0.15) is 0 Å². The van der Waals surface area contributed by atoms with Crippen LogP contribution in [0.3, 0.4) is 0 Å². The van der Waals surface area contributed by atoms with Crippen LogP contribution >= 0.6 is 23.2 Å². The number of nitro groups is 1. The van der Waals surface area contributed by atoms with E-state index in [1.54, 1.807) is 0 Å². The molecule has 19 heavy (non-hydrogen) atoms. The van der Waals surface area contributed by atoms with Gasteiger partial charge in [-0.15, -0.1) is 0 Å². The SMILES string of the molecule is Nc1cc(Oc2cc(Cl)c(Cl)cc2[N+](=O)[O-])ncn1. The molecule has 9 heteroatoms. The number of nitro benzene ring substituents is 1. The van der Waals surface area contributed by atoms with E-state index in [9.17, 15) is 10.1 Å². The van der Waals surface area contributed by atoms with E-state index in [2.05, 4.69) is 9.97 Å². The zero-order chi connectivity index (χ0) is 14.0. The van der Waals surface area contributed by atoms with Gasteiger partial charge >= 0.3 is 5.69 Å². The molecule has 0 saturated carbocycles. The summed E-state index contributed by atoms with van der Waals surface area (Å²) in [4.78, 5) is 17.7. The Morgan fingerprint density at radius 1 is 1.21 bits per heavy atom. The Labute approximate surface area is 117 Å². The van der Waals surface area contributed by atoms with E-state index in [-0.39, 0.29) is 33.2 Å². The summed E-state index contributed by atoms with van der Waals surface area (Å²) in [5.74, 6) is 0.152. The predicted molar refractivity (Wildman–Crippen MR) is 69.6 cm³/mol. The number of nitrogens with two attached hydrogens (primary N) is 1. The highest BCUT2D eigenvalue weighted by atomic mass is 35.5. The van der Waals surface area contributed by atoms with Gasteiger partial charge in [0.1, 0.15) is 12.1 Å². The van der Waals surface area contributed by atoms with Gasteiger partial charge in [0.2, 0.25) is 11.6 Å². The van der Waals surface area contributed by atoms with Gasteiger partial charge in [0.15, 0.2) is 0 Å². The summed E-state index contributed by atoms with van der Waals surface area (Å²) in [6, 6.07) is 3.66. The highest BCUT2D eigenvalue weighted by Gasteiger charge is 2.19. The number of nitrogens with zero attached hydrogens (tertiary/aromatic N) is 3. The van der Waals surface area contributed by atoms with E-state index in [1.165, 1.54) is 18.5 Å². The Balaban J connectivity index is 2.44. The number of hydrogen-bond acceptors (Lipinski definition) is 6. The van der Waals surface area contributed by atoms with Crippen LogP contribution in [0, 0.1) is 10.1 Å². The summed E-state index contributed by atoms with van der Waals surface area (Å²) in [6.45, 7) is 0. The van der Waals surface area contributed by atoms with Crippen molar-refractivity contribution < 1.29 is 9.66 Å². The fraction of sp³-hybridized carbons (Fsp3) is 0. The third kappa shape index (κ3) is 3.01. The highest BCUT2D eigenvalue weighted by Crippen LogP contribution is 2.37. The number of rotatable bonds is 3. The van der Waals surface area contributed by atoms with E-state index < -0.39 is 4.92 Å². The topological polar surface area (TPSA) is 104 Å². The lowest BCUT2D eigenvalue weighted by Gasteiger charge is -2.06. The summed E-state index contributed by atoms with van der Waals surface area (Å²) >= 11 is 11.5. The number of nitrogen functional groups attached to an aromatic ring is 1. The van der Waals surface area contributed by atoms with Gasteiger partial charge in [-0.25, -0.2) is 9.97 Å². The number of aromatic nitrogens is 2. The van der Waals surface area contributed by atoms with Crippen LogP contribution in [0.2, 0.25) is 10.0 Å². The molecule has 0 aliphatic carbocycles. The van der Waals surface area contributed by atoms with E-state index in [0.29, 0.717) is 0 Å². The summed E-state index contributed by atoms with van der Waals surface area (Å²) in [5, 5.41) is 11.1. The molecule has 1 heterocycles. The van der Waals surface area contributed by atoms with Gasteiger partial charge in [-0.05, 0) is 0 Å². The van der Waals surface area contributed by atoms with Crippen molar-refractivity contribution in [2.45, 2.75) is 0 Å². The summed E-state index contributed by atoms with van der Waals surface area (Å²) in [7, 11) is 0. The molecule has 0 radical (unpaired) electrons. The average Bonchev–Trinajstić information content (AvgIpc) is 2.33. The van der Waals surface area contributed by atoms with Crippen LogP contribution in [-0.4, -0.2) is 14.9 Å². The quantitative estimate of drug-likeness (QED) is 0.690. The monoisotopic (exact) mass is 300 g/mol. The van der Waals surface area contributed by atoms with Gasteiger partial charge in [0, 0.05) is 18.2 Å². The second kappa shape index (κ2) is 5.25. The lowest BCUT2D eigenvalue weighted by atomic mass is 10.3. The molecular weight excluding hydrogens is 295 g/mol. The molecule has 98 valence electrons. The number of benzene rings is 1. The smallest absolute Gasteiger partial charge is 0.313 e. The Bertz CT molecular complexity index is 651. The second-order valence-corrected chi connectivity index (χ2v) is 4.19. The van der Waals surface area contributed by atoms with Crippen molar-refractivity contribution in [2.75, 3.05) is 5.73 Å². The van der Waals surface area contributed by atoms with Crippen LogP contribution in [0.5, 0.6) is 11.6 Å². The molecule has 1 aromatic heterocycles. The normalized spacial score (nSPS) is 10.2. The number of halogens is 2. The Morgan fingerprint density at radius 2 is 1.89 bits per heavy atom. The molecule has 0 aliphatic rings. The van der Waals surface area contributed by atoms with Crippen LogP contribution in [0.1, 0.15) is 0 Å². The highest BCUT2D eigenvalue weighted by molar-refractivity contribution is 6.42. The van der Waals surface area contributed by atoms with E-state index in [1.807, 2.05) is 0 Å². The molecule has 7 nitrogen and oxygen atoms in total.